The summed E-state index contributed by atoms with van der Waals surface area (Å²) in [5.41, 5.74) is 8.21. The van der Waals surface area contributed by atoms with Crippen LogP contribution in [-0.4, -0.2) is 29.2 Å². The monoisotopic (exact) mass is 268 g/mol. The largest absolute Gasteiger partial charge is 0.448 e. The molecule has 1 aromatic rings. The number of anilines is 2. The second-order valence-electron chi connectivity index (χ2n) is 4.30. The minimum absolute atomic E-state index is 0.168. The molecule has 0 aliphatic carbocycles. The molecule has 0 saturated carbocycles. The van der Waals surface area contributed by atoms with Crippen molar-refractivity contribution < 1.29 is 9.53 Å². The van der Waals surface area contributed by atoms with Crippen molar-refractivity contribution in [3.05, 3.63) is 11.4 Å². The Morgan fingerprint density at radius 2 is 2.00 bits per heavy atom. The SMILES string of the molecule is Cc1c(NN)nc(C(C)C)nc1NCCOC(N)=O. The Hall–Kier alpha value is -2.09. The fraction of sp³-hybridized carbons (Fsp3) is 0.545. The zero-order valence-corrected chi connectivity index (χ0v) is 11.4. The highest BCUT2D eigenvalue weighted by molar-refractivity contribution is 5.64. The van der Waals surface area contributed by atoms with Crippen LogP contribution in [0.4, 0.5) is 16.4 Å². The smallest absolute Gasteiger partial charge is 0.404 e. The van der Waals surface area contributed by atoms with E-state index in [-0.39, 0.29) is 12.5 Å². The molecule has 0 aliphatic heterocycles. The van der Waals surface area contributed by atoms with Crippen molar-refractivity contribution in [1.29, 1.82) is 0 Å². The average Bonchev–Trinajstić information content (AvgIpc) is 2.35. The molecule has 0 saturated heterocycles. The fourth-order valence-electron chi connectivity index (χ4n) is 1.43. The second kappa shape index (κ2) is 6.74. The van der Waals surface area contributed by atoms with Crippen molar-refractivity contribution in [3.8, 4) is 0 Å². The van der Waals surface area contributed by atoms with E-state index in [0.717, 1.165) is 5.56 Å². The highest BCUT2D eigenvalue weighted by Gasteiger charge is 2.12. The predicted molar refractivity (Wildman–Crippen MR) is 72.7 cm³/mol. The molecule has 0 spiro atoms. The molecule has 0 aromatic carbocycles. The molecule has 6 N–H and O–H groups in total. The van der Waals surface area contributed by atoms with Gasteiger partial charge in [0.1, 0.15) is 24.1 Å². The molecule has 1 amide bonds. The number of nitrogen functional groups attached to an aromatic ring is 1. The third-order valence-electron chi connectivity index (χ3n) is 2.46. The van der Waals surface area contributed by atoms with Crippen LogP contribution in [0.3, 0.4) is 0 Å². The van der Waals surface area contributed by atoms with Crippen molar-refractivity contribution in [2.75, 3.05) is 23.9 Å². The highest BCUT2D eigenvalue weighted by Crippen LogP contribution is 2.22. The third kappa shape index (κ3) is 4.25. The van der Waals surface area contributed by atoms with Gasteiger partial charge in [0.05, 0.1) is 6.54 Å². The number of rotatable bonds is 6. The number of nitrogens with two attached hydrogens (primary N) is 2. The Labute approximate surface area is 111 Å². The van der Waals surface area contributed by atoms with Crippen molar-refractivity contribution in [2.45, 2.75) is 26.7 Å². The second-order valence-corrected chi connectivity index (χ2v) is 4.30. The molecule has 0 atom stereocenters. The zero-order chi connectivity index (χ0) is 14.4. The summed E-state index contributed by atoms with van der Waals surface area (Å²) in [6, 6.07) is 0. The van der Waals surface area contributed by atoms with Crippen LogP contribution < -0.4 is 22.3 Å². The first-order valence-electron chi connectivity index (χ1n) is 5.97. The summed E-state index contributed by atoms with van der Waals surface area (Å²) in [7, 11) is 0. The number of aromatic nitrogens is 2. The van der Waals surface area contributed by atoms with Crippen LogP contribution in [0.5, 0.6) is 0 Å². The van der Waals surface area contributed by atoms with Gasteiger partial charge in [-0.2, -0.15) is 0 Å². The van der Waals surface area contributed by atoms with Gasteiger partial charge in [-0.05, 0) is 6.92 Å². The van der Waals surface area contributed by atoms with E-state index >= 15 is 0 Å². The lowest BCUT2D eigenvalue weighted by Crippen LogP contribution is -2.20. The quantitative estimate of drug-likeness (QED) is 0.339. The Kier molecular flexibility index (Phi) is 5.31. The Bertz CT molecular complexity index is 449. The number of carbonyl (C=O) groups is 1. The molecule has 0 bridgehead atoms. The van der Waals surface area contributed by atoms with Gasteiger partial charge >= 0.3 is 6.09 Å². The molecule has 19 heavy (non-hydrogen) atoms. The summed E-state index contributed by atoms with van der Waals surface area (Å²) < 4.78 is 4.63. The first-order valence-corrected chi connectivity index (χ1v) is 5.97. The number of hydrazine groups is 1. The van der Waals surface area contributed by atoms with Crippen LogP contribution in [0.15, 0.2) is 0 Å². The Morgan fingerprint density at radius 3 is 2.53 bits per heavy atom. The van der Waals surface area contributed by atoms with Crippen LogP contribution in [0.25, 0.3) is 0 Å². The van der Waals surface area contributed by atoms with E-state index in [1.807, 2.05) is 20.8 Å². The number of primary amides is 1. The van der Waals surface area contributed by atoms with Crippen LogP contribution in [-0.2, 0) is 4.74 Å². The topological polar surface area (TPSA) is 128 Å². The van der Waals surface area contributed by atoms with E-state index in [4.69, 9.17) is 11.6 Å². The molecule has 106 valence electrons. The fourth-order valence-corrected chi connectivity index (χ4v) is 1.43. The molecule has 0 fully saturated rings. The van der Waals surface area contributed by atoms with E-state index in [0.29, 0.717) is 24.0 Å². The van der Waals surface area contributed by atoms with Gasteiger partial charge in [-0.1, -0.05) is 13.8 Å². The standard InChI is InChI=1S/C11H20N6O2/c1-6(2)8-15-9(7(3)10(16-8)17-13)14-4-5-19-11(12)18/h6H,4-5,13H2,1-3H3,(H2,12,18)(H2,14,15,16,17). The normalized spacial score (nSPS) is 10.4. The molecule has 0 unspecified atom stereocenters. The number of hydrogen-bond donors (Lipinski definition) is 4. The number of hydrogen-bond acceptors (Lipinski definition) is 7. The maximum atomic E-state index is 10.4. The third-order valence-corrected chi connectivity index (χ3v) is 2.46. The van der Waals surface area contributed by atoms with Crippen molar-refractivity contribution >= 4 is 17.7 Å². The molecule has 0 radical (unpaired) electrons. The van der Waals surface area contributed by atoms with Crippen molar-refractivity contribution in [3.63, 3.8) is 0 Å². The summed E-state index contributed by atoms with van der Waals surface area (Å²) in [5, 5.41) is 3.06. The zero-order valence-electron chi connectivity index (χ0n) is 11.4. The van der Waals surface area contributed by atoms with E-state index in [1.54, 1.807) is 0 Å². The molecule has 1 heterocycles. The van der Waals surface area contributed by atoms with Crippen LogP contribution in [0.1, 0.15) is 31.2 Å². The molecule has 8 heteroatoms. The van der Waals surface area contributed by atoms with Crippen LogP contribution in [0, 0.1) is 6.92 Å². The van der Waals surface area contributed by atoms with E-state index < -0.39 is 6.09 Å². The lowest BCUT2D eigenvalue weighted by Gasteiger charge is -2.14. The predicted octanol–water partition coefficient (Wildman–Crippen LogP) is 0.701. The molecule has 0 aliphatic rings. The van der Waals surface area contributed by atoms with Gasteiger partial charge < -0.3 is 21.2 Å². The molecular formula is C11H20N6O2. The van der Waals surface area contributed by atoms with Gasteiger partial charge in [0, 0.05) is 11.5 Å². The maximum Gasteiger partial charge on any atom is 0.404 e. The number of nitrogens with zero attached hydrogens (tertiary/aromatic N) is 2. The van der Waals surface area contributed by atoms with E-state index in [1.165, 1.54) is 0 Å². The number of amides is 1. The van der Waals surface area contributed by atoms with Gasteiger partial charge in [0.25, 0.3) is 0 Å². The van der Waals surface area contributed by atoms with Gasteiger partial charge in [-0.25, -0.2) is 20.6 Å². The summed E-state index contributed by atoms with van der Waals surface area (Å²) in [6.45, 7) is 6.40. The van der Waals surface area contributed by atoms with Crippen LogP contribution in [0.2, 0.25) is 0 Å². The summed E-state index contributed by atoms with van der Waals surface area (Å²) in [4.78, 5) is 19.2. The van der Waals surface area contributed by atoms with Gasteiger partial charge in [-0.15, -0.1) is 0 Å². The Morgan fingerprint density at radius 1 is 1.37 bits per heavy atom. The summed E-state index contributed by atoms with van der Waals surface area (Å²) in [5.74, 6) is 7.50. The number of carbonyl (C=O) groups excluding carboxylic acids is 1. The minimum Gasteiger partial charge on any atom is -0.448 e. The minimum atomic E-state index is -0.798. The molecule has 1 rings (SSSR count). The van der Waals surface area contributed by atoms with Crippen molar-refractivity contribution in [2.24, 2.45) is 11.6 Å². The van der Waals surface area contributed by atoms with Crippen LogP contribution >= 0.6 is 0 Å². The van der Waals surface area contributed by atoms with Crippen molar-refractivity contribution in [1.82, 2.24) is 9.97 Å². The molecular weight excluding hydrogens is 248 g/mol. The first kappa shape index (κ1) is 15.0. The highest BCUT2D eigenvalue weighted by atomic mass is 16.5. The lowest BCUT2D eigenvalue weighted by atomic mass is 10.2. The van der Waals surface area contributed by atoms with Gasteiger partial charge in [0.2, 0.25) is 0 Å². The van der Waals surface area contributed by atoms with E-state index in [9.17, 15) is 4.79 Å². The van der Waals surface area contributed by atoms with Gasteiger partial charge in [0.15, 0.2) is 0 Å². The average molecular weight is 268 g/mol. The lowest BCUT2D eigenvalue weighted by molar-refractivity contribution is 0.161. The van der Waals surface area contributed by atoms with Gasteiger partial charge in [-0.3, -0.25) is 0 Å². The Balaban J connectivity index is 2.80. The molecule has 8 nitrogen and oxygen atoms in total. The summed E-state index contributed by atoms with van der Waals surface area (Å²) in [6.07, 6.45) is -0.798. The first-order chi connectivity index (χ1) is 8.95. The summed E-state index contributed by atoms with van der Waals surface area (Å²) >= 11 is 0. The number of ether oxygens (including phenoxy) is 1. The number of nitrogens with one attached hydrogen (secondary N) is 2. The molecule has 1 aromatic heterocycles. The van der Waals surface area contributed by atoms with E-state index in [2.05, 4.69) is 25.4 Å². The maximum absolute atomic E-state index is 10.4.